The fourth-order valence-corrected chi connectivity index (χ4v) is 2.33. The van der Waals surface area contributed by atoms with E-state index < -0.39 is 11.7 Å². The van der Waals surface area contributed by atoms with Gasteiger partial charge >= 0.3 is 0 Å². The van der Waals surface area contributed by atoms with Crippen LogP contribution in [0, 0.1) is 11.8 Å². The molecule has 18 heavy (non-hydrogen) atoms. The van der Waals surface area contributed by atoms with Crippen molar-refractivity contribution in [3.8, 4) is 11.8 Å². The van der Waals surface area contributed by atoms with Crippen molar-refractivity contribution in [2.24, 2.45) is 0 Å². The van der Waals surface area contributed by atoms with Crippen molar-refractivity contribution in [3.05, 3.63) is 18.0 Å². The van der Waals surface area contributed by atoms with Crippen molar-refractivity contribution in [2.75, 3.05) is 6.26 Å². The lowest BCUT2D eigenvalue weighted by molar-refractivity contribution is 0.109. The van der Waals surface area contributed by atoms with Crippen LogP contribution in [0.25, 0.3) is 0 Å². The normalized spacial score (nSPS) is 19.1. The average Bonchev–Trinajstić information content (AvgIpc) is 2.83. The number of nitrogens with zero attached hydrogens (tertiary/aromatic N) is 2. The topological polar surface area (TPSA) is 66.2 Å². The van der Waals surface area contributed by atoms with E-state index in [0.717, 1.165) is 12.8 Å². The maximum Gasteiger partial charge on any atom is 0.187 e. The number of aromatic nitrogens is 2. The quantitative estimate of drug-likeness (QED) is 0.482. The van der Waals surface area contributed by atoms with Gasteiger partial charge < -0.3 is 10.2 Å². The Kier molecular flexibility index (Phi) is 4.23. The predicted octanol–water partition coefficient (Wildman–Crippen LogP) is 1.54. The maximum atomic E-state index is 10.1. The number of hydrogen-bond acceptors (Lipinski definition) is 5. The van der Waals surface area contributed by atoms with Gasteiger partial charge in [-0.2, -0.15) is 0 Å². The molecule has 1 aliphatic rings. The summed E-state index contributed by atoms with van der Waals surface area (Å²) in [5.41, 5.74) is -0.445. The Labute approximate surface area is 111 Å². The largest absolute Gasteiger partial charge is 0.378 e. The van der Waals surface area contributed by atoms with Crippen molar-refractivity contribution in [2.45, 2.75) is 42.5 Å². The smallest absolute Gasteiger partial charge is 0.187 e. The van der Waals surface area contributed by atoms with Crippen LogP contribution in [-0.2, 0) is 0 Å². The van der Waals surface area contributed by atoms with Crippen LogP contribution in [0.5, 0.6) is 0 Å². The molecule has 4 nitrogen and oxygen atoms in total. The first-order chi connectivity index (χ1) is 8.63. The summed E-state index contributed by atoms with van der Waals surface area (Å²) < 4.78 is 0. The van der Waals surface area contributed by atoms with Crippen LogP contribution in [0.3, 0.4) is 0 Å². The number of hydrogen-bond donors (Lipinski definition) is 2. The zero-order chi connectivity index (χ0) is 13.0. The Hall–Kier alpha value is -1.09. The number of rotatable bonds is 2. The van der Waals surface area contributed by atoms with E-state index in [9.17, 15) is 10.2 Å². The molecule has 0 saturated heterocycles. The van der Waals surface area contributed by atoms with Gasteiger partial charge in [0.2, 0.25) is 0 Å². The van der Waals surface area contributed by atoms with Gasteiger partial charge in [0.1, 0.15) is 5.60 Å². The van der Waals surface area contributed by atoms with Crippen molar-refractivity contribution in [1.29, 1.82) is 0 Å². The standard InChI is InChI=1S/C13H16N2O2S/c1-18-12-14-9-5-10(15-12)11(16)4-8-13(17)6-2-3-7-13/h5,9,11,16-17H,2-3,6-7H2,1H3. The van der Waals surface area contributed by atoms with Crippen molar-refractivity contribution >= 4 is 11.8 Å². The maximum absolute atomic E-state index is 10.1. The average molecular weight is 264 g/mol. The second kappa shape index (κ2) is 5.70. The molecule has 1 unspecified atom stereocenters. The molecule has 0 bridgehead atoms. The van der Waals surface area contributed by atoms with E-state index in [1.165, 1.54) is 11.8 Å². The SMILES string of the molecule is CSc1nccc(C(O)C#CC2(O)CCCC2)n1. The monoisotopic (exact) mass is 264 g/mol. The van der Waals surface area contributed by atoms with E-state index in [0.29, 0.717) is 23.7 Å². The Balaban J connectivity index is 2.11. The lowest BCUT2D eigenvalue weighted by atomic mass is 10.0. The Morgan fingerprint density at radius 1 is 1.44 bits per heavy atom. The predicted molar refractivity (Wildman–Crippen MR) is 70.0 cm³/mol. The number of aliphatic hydroxyl groups is 2. The fourth-order valence-electron chi connectivity index (χ4n) is 1.97. The molecule has 0 spiro atoms. The molecule has 5 heteroatoms. The van der Waals surface area contributed by atoms with Crippen LogP contribution in [0.2, 0.25) is 0 Å². The van der Waals surface area contributed by atoms with Gasteiger partial charge in [0, 0.05) is 6.20 Å². The Morgan fingerprint density at radius 3 is 2.83 bits per heavy atom. The Morgan fingerprint density at radius 2 is 2.17 bits per heavy atom. The molecule has 1 aliphatic carbocycles. The van der Waals surface area contributed by atoms with Crippen LogP contribution in [0.1, 0.15) is 37.5 Å². The van der Waals surface area contributed by atoms with Gasteiger partial charge in [0.25, 0.3) is 0 Å². The van der Waals surface area contributed by atoms with Gasteiger partial charge in [0.05, 0.1) is 5.69 Å². The van der Waals surface area contributed by atoms with E-state index in [4.69, 9.17) is 0 Å². The van der Waals surface area contributed by atoms with Crippen LogP contribution < -0.4 is 0 Å². The van der Waals surface area contributed by atoms with Crippen LogP contribution in [0.4, 0.5) is 0 Å². The minimum absolute atomic E-state index is 0.475. The molecule has 1 fully saturated rings. The highest BCUT2D eigenvalue weighted by Gasteiger charge is 2.28. The van der Waals surface area contributed by atoms with E-state index in [2.05, 4.69) is 21.8 Å². The zero-order valence-electron chi connectivity index (χ0n) is 10.3. The van der Waals surface area contributed by atoms with Gasteiger partial charge in [-0.3, -0.25) is 0 Å². The summed E-state index contributed by atoms with van der Waals surface area (Å²) in [6.07, 6.45) is 5.86. The highest BCUT2D eigenvalue weighted by molar-refractivity contribution is 7.98. The molecule has 1 aromatic rings. The molecule has 0 aliphatic heterocycles. The molecule has 0 radical (unpaired) electrons. The molecule has 2 N–H and O–H groups in total. The molecular weight excluding hydrogens is 248 g/mol. The van der Waals surface area contributed by atoms with Crippen LogP contribution in [0.15, 0.2) is 17.4 Å². The van der Waals surface area contributed by atoms with Crippen molar-refractivity contribution in [1.82, 2.24) is 9.97 Å². The van der Waals surface area contributed by atoms with Gasteiger partial charge in [0.15, 0.2) is 11.3 Å². The molecule has 1 aromatic heterocycles. The second-order valence-corrected chi connectivity index (χ2v) is 5.15. The first-order valence-electron chi connectivity index (χ1n) is 5.93. The lowest BCUT2D eigenvalue weighted by Crippen LogP contribution is -2.21. The highest BCUT2D eigenvalue weighted by Crippen LogP contribution is 2.28. The number of aliphatic hydroxyl groups excluding tert-OH is 1. The van der Waals surface area contributed by atoms with Crippen molar-refractivity contribution < 1.29 is 10.2 Å². The van der Waals surface area contributed by atoms with Gasteiger partial charge in [-0.05, 0) is 38.0 Å². The molecule has 1 atom stereocenters. The van der Waals surface area contributed by atoms with Gasteiger partial charge in [-0.25, -0.2) is 9.97 Å². The van der Waals surface area contributed by atoms with E-state index in [1.54, 1.807) is 12.3 Å². The lowest BCUT2D eigenvalue weighted by Gasteiger charge is -2.13. The molecule has 0 aromatic carbocycles. The third kappa shape index (κ3) is 3.22. The minimum Gasteiger partial charge on any atom is -0.378 e. The van der Waals surface area contributed by atoms with E-state index in [1.807, 2.05) is 6.26 Å². The summed E-state index contributed by atoms with van der Waals surface area (Å²) in [6, 6.07) is 1.64. The molecular formula is C13H16N2O2S. The second-order valence-electron chi connectivity index (χ2n) is 4.38. The number of thioether (sulfide) groups is 1. The van der Waals surface area contributed by atoms with E-state index >= 15 is 0 Å². The molecule has 96 valence electrons. The first-order valence-corrected chi connectivity index (χ1v) is 7.15. The van der Waals surface area contributed by atoms with Crippen LogP contribution >= 0.6 is 11.8 Å². The summed E-state index contributed by atoms with van der Waals surface area (Å²) in [6.45, 7) is 0. The van der Waals surface area contributed by atoms with Crippen molar-refractivity contribution in [3.63, 3.8) is 0 Å². The highest BCUT2D eigenvalue weighted by atomic mass is 32.2. The summed E-state index contributed by atoms with van der Waals surface area (Å²) in [7, 11) is 0. The summed E-state index contributed by atoms with van der Waals surface area (Å²) in [4.78, 5) is 8.21. The summed E-state index contributed by atoms with van der Waals surface area (Å²) in [5, 5.41) is 20.6. The molecule has 2 rings (SSSR count). The summed E-state index contributed by atoms with van der Waals surface area (Å²) in [5.74, 6) is 5.47. The molecule has 1 saturated carbocycles. The summed E-state index contributed by atoms with van der Waals surface area (Å²) >= 11 is 1.41. The molecule has 1 heterocycles. The zero-order valence-corrected chi connectivity index (χ0v) is 11.1. The third-order valence-corrected chi connectivity index (χ3v) is 3.55. The van der Waals surface area contributed by atoms with Gasteiger partial charge in [-0.1, -0.05) is 23.6 Å². The third-order valence-electron chi connectivity index (χ3n) is 2.99. The van der Waals surface area contributed by atoms with Crippen LogP contribution in [-0.4, -0.2) is 32.0 Å². The fraction of sp³-hybridized carbons (Fsp3) is 0.538. The van der Waals surface area contributed by atoms with E-state index in [-0.39, 0.29) is 0 Å². The molecule has 0 amide bonds. The first kappa shape index (κ1) is 13.3. The van der Waals surface area contributed by atoms with Gasteiger partial charge in [-0.15, -0.1) is 0 Å². The minimum atomic E-state index is -0.969. The Bertz CT molecular complexity index is 475.